The second-order valence-electron chi connectivity index (χ2n) is 11.3. The standard InChI is InChI=1S/C30H39F3N4O5/c1-21(2)20-29(40)7-10-37(11-8-29)28(39)35-24-17-23(30(31,32)33)18-26(19-24)42-25-5-3-22(4-6-25)27(38)34-9-12-36-13-15-41-16-14-36/h3-6,17-19,21,40H,7-16,20H2,1-2H3,(H,34,38)(H,35,39). The molecule has 2 aromatic rings. The van der Waals surface area contributed by atoms with Gasteiger partial charge in [-0.1, -0.05) is 13.8 Å². The Morgan fingerprint density at radius 3 is 2.31 bits per heavy atom. The number of morpholine rings is 1. The number of ether oxygens (including phenoxy) is 2. The molecule has 0 aromatic heterocycles. The van der Waals surface area contributed by atoms with Gasteiger partial charge in [0, 0.05) is 56.6 Å². The molecule has 0 unspecified atom stereocenters. The SMILES string of the molecule is CC(C)CC1(O)CCN(C(=O)Nc2cc(Oc3ccc(C(=O)NCCN4CCOCC4)cc3)cc(C(F)(F)F)c2)CC1. The Morgan fingerprint density at radius 2 is 1.69 bits per heavy atom. The van der Waals surface area contributed by atoms with Crippen LogP contribution in [0.2, 0.25) is 0 Å². The summed E-state index contributed by atoms with van der Waals surface area (Å²) in [6.45, 7) is 8.82. The molecule has 0 atom stereocenters. The molecule has 2 saturated heterocycles. The van der Waals surface area contributed by atoms with Gasteiger partial charge in [0.15, 0.2) is 0 Å². The van der Waals surface area contributed by atoms with Gasteiger partial charge >= 0.3 is 12.2 Å². The van der Waals surface area contributed by atoms with Crippen LogP contribution in [0, 0.1) is 5.92 Å². The van der Waals surface area contributed by atoms with Crippen molar-refractivity contribution in [1.29, 1.82) is 0 Å². The number of urea groups is 1. The lowest BCUT2D eigenvalue weighted by Crippen LogP contribution is -2.48. The first kappa shape index (κ1) is 31.6. The molecule has 0 aliphatic carbocycles. The van der Waals surface area contributed by atoms with Crippen molar-refractivity contribution in [3.63, 3.8) is 0 Å². The van der Waals surface area contributed by atoms with E-state index in [0.717, 1.165) is 25.2 Å². The smallest absolute Gasteiger partial charge is 0.416 e. The monoisotopic (exact) mass is 592 g/mol. The van der Waals surface area contributed by atoms with E-state index in [1.807, 2.05) is 13.8 Å². The van der Waals surface area contributed by atoms with Gasteiger partial charge in [-0.2, -0.15) is 13.2 Å². The van der Waals surface area contributed by atoms with E-state index in [0.29, 0.717) is 70.1 Å². The first-order valence-electron chi connectivity index (χ1n) is 14.3. The van der Waals surface area contributed by atoms with Gasteiger partial charge in [0.25, 0.3) is 5.91 Å². The van der Waals surface area contributed by atoms with Crippen LogP contribution in [-0.4, -0.2) is 84.9 Å². The average molecular weight is 593 g/mol. The minimum absolute atomic E-state index is 0.0656. The van der Waals surface area contributed by atoms with E-state index in [1.54, 1.807) is 0 Å². The van der Waals surface area contributed by atoms with Crippen LogP contribution < -0.4 is 15.4 Å². The fraction of sp³-hybridized carbons (Fsp3) is 0.533. The molecule has 2 aliphatic heterocycles. The number of piperidine rings is 1. The van der Waals surface area contributed by atoms with Crippen molar-refractivity contribution in [2.75, 3.05) is 57.8 Å². The third-order valence-corrected chi connectivity index (χ3v) is 7.42. The lowest BCUT2D eigenvalue weighted by atomic mass is 9.84. The van der Waals surface area contributed by atoms with Crippen molar-refractivity contribution >= 4 is 17.6 Å². The van der Waals surface area contributed by atoms with Crippen LogP contribution in [0.25, 0.3) is 0 Å². The van der Waals surface area contributed by atoms with E-state index < -0.39 is 23.4 Å². The Labute approximate surface area is 244 Å². The Kier molecular flexibility index (Phi) is 10.3. The molecule has 230 valence electrons. The van der Waals surface area contributed by atoms with E-state index in [9.17, 15) is 27.9 Å². The summed E-state index contributed by atoms with van der Waals surface area (Å²) in [6.07, 6.45) is -3.24. The third kappa shape index (κ3) is 9.07. The van der Waals surface area contributed by atoms with Crippen LogP contribution in [0.15, 0.2) is 42.5 Å². The van der Waals surface area contributed by atoms with Crippen molar-refractivity contribution in [3.8, 4) is 11.5 Å². The number of hydrogen-bond donors (Lipinski definition) is 3. The van der Waals surface area contributed by atoms with Gasteiger partial charge in [-0.25, -0.2) is 4.79 Å². The summed E-state index contributed by atoms with van der Waals surface area (Å²) in [4.78, 5) is 29.0. The zero-order valence-corrected chi connectivity index (χ0v) is 24.0. The van der Waals surface area contributed by atoms with E-state index in [1.165, 1.54) is 35.2 Å². The molecule has 2 aliphatic rings. The van der Waals surface area contributed by atoms with Gasteiger partial charge in [0.05, 0.1) is 24.4 Å². The van der Waals surface area contributed by atoms with Crippen molar-refractivity contribution in [1.82, 2.24) is 15.1 Å². The van der Waals surface area contributed by atoms with Crippen LogP contribution in [0.3, 0.4) is 0 Å². The quantitative estimate of drug-likeness (QED) is 0.380. The lowest BCUT2D eigenvalue weighted by molar-refractivity contribution is -0.137. The number of benzene rings is 2. The summed E-state index contributed by atoms with van der Waals surface area (Å²) in [7, 11) is 0. The number of nitrogens with one attached hydrogen (secondary N) is 2. The summed E-state index contributed by atoms with van der Waals surface area (Å²) in [6, 6.07) is 8.56. The first-order chi connectivity index (χ1) is 19.9. The van der Waals surface area contributed by atoms with Crippen molar-refractivity contribution in [3.05, 3.63) is 53.6 Å². The molecule has 0 spiro atoms. The third-order valence-electron chi connectivity index (χ3n) is 7.42. The molecule has 42 heavy (non-hydrogen) atoms. The molecule has 2 fully saturated rings. The predicted octanol–water partition coefficient (Wildman–Crippen LogP) is 4.96. The first-order valence-corrected chi connectivity index (χ1v) is 14.3. The predicted molar refractivity (Wildman–Crippen MR) is 152 cm³/mol. The van der Waals surface area contributed by atoms with Gasteiger partial charge in [0.1, 0.15) is 11.5 Å². The molecule has 9 nitrogen and oxygen atoms in total. The molecule has 12 heteroatoms. The summed E-state index contributed by atoms with van der Waals surface area (Å²) in [5.74, 6) is 0.154. The maximum atomic E-state index is 13.7. The highest BCUT2D eigenvalue weighted by Crippen LogP contribution is 2.36. The summed E-state index contributed by atoms with van der Waals surface area (Å²) < 4.78 is 52.0. The fourth-order valence-electron chi connectivity index (χ4n) is 5.25. The number of aliphatic hydroxyl groups is 1. The van der Waals surface area contributed by atoms with E-state index in [-0.39, 0.29) is 23.1 Å². The molecule has 3 N–H and O–H groups in total. The highest BCUT2D eigenvalue weighted by molar-refractivity contribution is 5.94. The second-order valence-corrected chi connectivity index (χ2v) is 11.3. The molecule has 0 saturated carbocycles. The van der Waals surface area contributed by atoms with Crippen molar-refractivity contribution < 1.29 is 37.3 Å². The summed E-state index contributed by atoms with van der Waals surface area (Å²) >= 11 is 0. The fourth-order valence-corrected chi connectivity index (χ4v) is 5.25. The van der Waals surface area contributed by atoms with E-state index in [4.69, 9.17) is 9.47 Å². The molecule has 0 radical (unpaired) electrons. The molecule has 3 amide bonds. The Balaban J connectivity index is 1.37. The van der Waals surface area contributed by atoms with E-state index >= 15 is 0 Å². The Bertz CT molecular complexity index is 1210. The number of rotatable bonds is 9. The number of anilines is 1. The number of hydrogen-bond acceptors (Lipinski definition) is 6. The zero-order chi connectivity index (χ0) is 30.3. The molecule has 4 rings (SSSR count). The van der Waals surface area contributed by atoms with Crippen molar-refractivity contribution in [2.45, 2.75) is 44.9 Å². The molecule has 2 heterocycles. The van der Waals surface area contributed by atoms with Crippen LogP contribution >= 0.6 is 0 Å². The molecule has 0 bridgehead atoms. The lowest BCUT2D eigenvalue weighted by Gasteiger charge is -2.39. The number of carbonyl (C=O) groups excluding carboxylic acids is 2. The Hall–Kier alpha value is -3.35. The number of likely N-dealkylation sites (tertiary alicyclic amines) is 1. The number of carbonyl (C=O) groups is 2. The maximum Gasteiger partial charge on any atom is 0.416 e. The van der Waals surface area contributed by atoms with Crippen LogP contribution in [0.1, 0.15) is 49.0 Å². The highest BCUT2D eigenvalue weighted by Gasteiger charge is 2.35. The molecular formula is C30H39F3N4O5. The topological polar surface area (TPSA) is 103 Å². The van der Waals surface area contributed by atoms with Crippen molar-refractivity contribution in [2.24, 2.45) is 5.92 Å². The normalized spacial score (nSPS) is 17.6. The zero-order valence-electron chi connectivity index (χ0n) is 24.0. The highest BCUT2D eigenvalue weighted by atomic mass is 19.4. The van der Waals surface area contributed by atoms with Gasteiger partial charge in [0.2, 0.25) is 0 Å². The number of halogens is 3. The number of nitrogens with zero attached hydrogens (tertiary/aromatic N) is 2. The summed E-state index contributed by atoms with van der Waals surface area (Å²) in [5.41, 5.74) is -1.50. The second kappa shape index (κ2) is 13.7. The average Bonchev–Trinajstić information content (AvgIpc) is 2.93. The van der Waals surface area contributed by atoms with Gasteiger partial charge in [-0.05, 0) is 61.6 Å². The molecule has 2 aromatic carbocycles. The number of alkyl halides is 3. The van der Waals surface area contributed by atoms with Crippen LogP contribution in [0.5, 0.6) is 11.5 Å². The minimum atomic E-state index is -4.67. The maximum absolute atomic E-state index is 13.7. The minimum Gasteiger partial charge on any atom is -0.457 e. The van der Waals surface area contributed by atoms with Gasteiger partial charge in [-0.15, -0.1) is 0 Å². The van der Waals surface area contributed by atoms with Crippen LogP contribution in [0.4, 0.5) is 23.7 Å². The largest absolute Gasteiger partial charge is 0.457 e. The number of amides is 3. The Morgan fingerprint density at radius 1 is 1.02 bits per heavy atom. The van der Waals surface area contributed by atoms with Gasteiger partial charge in [-0.3, -0.25) is 9.69 Å². The van der Waals surface area contributed by atoms with E-state index in [2.05, 4.69) is 15.5 Å². The summed E-state index contributed by atoms with van der Waals surface area (Å²) in [5, 5.41) is 16.1. The van der Waals surface area contributed by atoms with Gasteiger partial charge < -0.3 is 30.1 Å². The van der Waals surface area contributed by atoms with Crippen LogP contribution in [-0.2, 0) is 10.9 Å². The molecular weight excluding hydrogens is 553 g/mol.